The Morgan fingerprint density at radius 3 is 2.12 bits per heavy atom. The topological polar surface area (TPSA) is 322 Å². The Labute approximate surface area is 240 Å². The number of likely N-dealkylation sites (tertiary alicyclic amines) is 1. The molecule has 0 aromatic rings. The van der Waals surface area contributed by atoms with Crippen molar-refractivity contribution in [3.63, 3.8) is 0 Å². The molecular formula is C23H39N9O10. The Hall–Kier alpha value is -4.52. The largest absolute Gasteiger partial charge is 0.481 e. The van der Waals surface area contributed by atoms with Crippen molar-refractivity contribution in [3.8, 4) is 0 Å². The molecule has 42 heavy (non-hydrogen) atoms. The monoisotopic (exact) mass is 601 g/mol. The number of aliphatic hydroxyl groups is 1. The number of amides is 5. The van der Waals surface area contributed by atoms with E-state index in [1.54, 1.807) is 0 Å². The van der Waals surface area contributed by atoms with Crippen molar-refractivity contribution in [2.75, 3.05) is 32.8 Å². The zero-order chi connectivity index (χ0) is 31.8. The Bertz CT molecular complexity index is 1030. The van der Waals surface area contributed by atoms with Gasteiger partial charge in [0.15, 0.2) is 5.96 Å². The van der Waals surface area contributed by atoms with Gasteiger partial charge in [0, 0.05) is 19.5 Å². The summed E-state index contributed by atoms with van der Waals surface area (Å²) in [4.78, 5) is 89.9. The maximum Gasteiger partial charge on any atom is 0.326 e. The van der Waals surface area contributed by atoms with Gasteiger partial charge in [0.05, 0.1) is 19.7 Å². The Kier molecular flexibility index (Phi) is 15.2. The van der Waals surface area contributed by atoms with Crippen LogP contribution in [0.25, 0.3) is 0 Å². The molecule has 1 rings (SSSR count). The van der Waals surface area contributed by atoms with Gasteiger partial charge in [0.25, 0.3) is 0 Å². The molecule has 5 amide bonds. The Morgan fingerprint density at radius 2 is 1.55 bits per heavy atom. The first-order chi connectivity index (χ1) is 19.8. The quantitative estimate of drug-likeness (QED) is 0.0398. The van der Waals surface area contributed by atoms with E-state index < -0.39 is 98.2 Å². The van der Waals surface area contributed by atoms with Crippen molar-refractivity contribution in [1.29, 1.82) is 0 Å². The van der Waals surface area contributed by atoms with Crippen molar-refractivity contribution in [2.24, 2.45) is 22.2 Å². The molecule has 0 spiro atoms. The van der Waals surface area contributed by atoms with Crippen LogP contribution in [0.5, 0.6) is 0 Å². The molecule has 13 N–H and O–H groups in total. The van der Waals surface area contributed by atoms with Crippen molar-refractivity contribution in [1.82, 2.24) is 26.2 Å². The minimum atomic E-state index is -1.55. The molecule has 0 saturated carbocycles. The lowest BCUT2D eigenvalue weighted by Gasteiger charge is -2.27. The second-order valence-corrected chi connectivity index (χ2v) is 9.32. The maximum absolute atomic E-state index is 12.9. The number of carboxylic acids is 2. The molecule has 19 heteroatoms. The molecule has 1 saturated heterocycles. The van der Waals surface area contributed by atoms with Gasteiger partial charge in [0.1, 0.15) is 24.2 Å². The molecule has 19 nitrogen and oxygen atoms in total. The Morgan fingerprint density at radius 1 is 0.905 bits per heavy atom. The highest BCUT2D eigenvalue weighted by Gasteiger charge is 2.38. The van der Waals surface area contributed by atoms with Crippen molar-refractivity contribution in [2.45, 2.75) is 62.7 Å². The molecule has 0 unspecified atom stereocenters. The molecule has 1 heterocycles. The summed E-state index contributed by atoms with van der Waals surface area (Å²) in [6.45, 7) is -1.69. The minimum Gasteiger partial charge on any atom is -0.481 e. The molecule has 4 atom stereocenters. The predicted octanol–water partition coefficient (Wildman–Crippen LogP) is -5.50. The van der Waals surface area contributed by atoms with Crippen LogP contribution in [0.15, 0.2) is 4.99 Å². The van der Waals surface area contributed by atoms with E-state index in [2.05, 4.69) is 26.3 Å². The molecule has 0 aromatic heterocycles. The van der Waals surface area contributed by atoms with Gasteiger partial charge in [-0.2, -0.15) is 0 Å². The molecule has 0 radical (unpaired) electrons. The van der Waals surface area contributed by atoms with E-state index in [-0.39, 0.29) is 31.9 Å². The zero-order valence-corrected chi connectivity index (χ0v) is 22.9. The number of nitrogens with zero attached hydrogens (tertiary/aromatic N) is 2. The van der Waals surface area contributed by atoms with E-state index in [0.717, 1.165) is 4.90 Å². The maximum atomic E-state index is 12.9. The zero-order valence-electron chi connectivity index (χ0n) is 22.9. The standard InChI is InChI=1S/C23H39N9O10/c24-9-16(34)29-12(3-1-7-27-23(25)26)19(38)28-10-17(35)30-13(5-6-18(36)37)20(39)31-14(11-33)21(40)32-8-2-4-15(32)22(41)42/h12-15,33H,1-11,24H2,(H,28,38)(H,29,34)(H,30,35)(H,31,39)(H,36,37)(H,41,42)(H4,25,26,27)/t12-,13-,14-,15-/m0/s1. The Balaban J connectivity index is 2.85. The molecule has 1 fully saturated rings. The van der Waals surface area contributed by atoms with Crippen LogP contribution in [0.1, 0.15) is 38.5 Å². The van der Waals surface area contributed by atoms with E-state index in [4.69, 9.17) is 22.3 Å². The van der Waals surface area contributed by atoms with Crippen LogP contribution in [0.4, 0.5) is 0 Å². The number of carbonyl (C=O) groups is 7. The van der Waals surface area contributed by atoms with E-state index in [9.17, 15) is 43.8 Å². The fourth-order valence-electron chi connectivity index (χ4n) is 4.04. The minimum absolute atomic E-state index is 0.0932. The number of nitrogens with one attached hydrogen (secondary N) is 4. The summed E-state index contributed by atoms with van der Waals surface area (Å²) in [6.07, 6.45) is 0.0250. The van der Waals surface area contributed by atoms with E-state index in [1.165, 1.54) is 0 Å². The van der Waals surface area contributed by atoms with E-state index >= 15 is 0 Å². The second kappa shape index (κ2) is 18.0. The lowest BCUT2D eigenvalue weighted by Crippen LogP contribution is -2.57. The van der Waals surface area contributed by atoms with Gasteiger partial charge in [0.2, 0.25) is 29.5 Å². The van der Waals surface area contributed by atoms with Crippen molar-refractivity contribution < 1.29 is 48.9 Å². The highest BCUT2D eigenvalue weighted by Crippen LogP contribution is 2.18. The number of aliphatic carboxylic acids is 2. The van der Waals surface area contributed by atoms with Crippen LogP contribution < -0.4 is 38.5 Å². The third kappa shape index (κ3) is 12.3. The SMILES string of the molecule is NCC(=O)N[C@@H](CCCN=C(N)N)C(=O)NCC(=O)N[C@@H](CCC(=O)O)C(=O)N[C@@H](CO)C(=O)N1CCC[C@H]1C(=O)O. The predicted molar refractivity (Wildman–Crippen MR) is 144 cm³/mol. The molecule has 0 aliphatic carbocycles. The first-order valence-corrected chi connectivity index (χ1v) is 13.1. The lowest BCUT2D eigenvalue weighted by molar-refractivity contribution is -0.150. The van der Waals surface area contributed by atoms with Gasteiger partial charge in [-0.1, -0.05) is 0 Å². The summed E-state index contributed by atoms with van der Waals surface area (Å²) >= 11 is 0. The van der Waals surface area contributed by atoms with Crippen LogP contribution in [0.3, 0.4) is 0 Å². The van der Waals surface area contributed by atoms with E-state index in [0.29, 0.717) is 12.8 Å². The second-order valence-electron chi connectivity index (χ2n) is 9.32. The summed E-state index contributed by atoms with van der Waals surface area (Å²) in [6, 6.07) is -5.26. The average Bonchev–Trinajstić information content (AvgIpc) is 3.43. The van der Waals surface area contributed by atoms with Crippen molar-refractivity contribution >= 4 is 47.4 Å². The number of nitrogens with two attached hydrogens (primary N) is 3. The van der Waals surface area contributed by atoms with Crippen LogP contribution in [0.2, 0.25) is 0 Å². The normalized spacial score (nSPS) is 16.3. The van der Waals surface area contributed by atoms with Gasteiger partial charge >= 0.3 is 11.9 Å². The van der Waals surface area contributed by atoms with Crippen LogP contribution in [0, 0.1) is 0 Å². The first kappa shape index (κ1) is 35.5. The number of carboxylic acid groups (broad SMARTS) is 2. The van der Waals surface area contributed by atoms with Gasteiger partial charge in [-0.25, -0.2) is 4.79 Å². The molecule has 1 aliphatic rings. The third-order valence-corrected chi connectivity index (χ3v) is 6.12. The molecule has 1 aliphatic heterocycles. The molecule has 0 aromatic carbocycles. The number of aliphatic hydroxyl groups excluding tert-OH is 1. The van der Waals surface area contributed by atoms with Gasteiger partial charge in [-0.05, 0) is 32.1 Å². The number of rotatable bonds is 18. The smallest absolute Gasteiger partial charge is 0.326 e. The van der Waals surface area contributed by atoms with Crippen LogP contribution >= 0.6 is 0 Å². The number of hydrogen-bond acceptors (Lipinski definition) is 10. The van der Waals surface area contributed by atoms with Gasteiger partial charge in [-0.15, -0.1) is 0 Å². The van der Waals surface area contributed by atoms with E-state index in [1.807, 2.05) is 0 Å². The van der Waals surface area contributed by atoms with Crippen LogP contribution in [-0.4, -0.2) is 125 Å². The van der Waals surface area contributed by atoms with Gasteiger partial charge in [-0.3, -0.25) is 33.8 Å². The lowest BCUT2D eigenvalue weighted by atomic mass is 10.1. The number of carbonyl (C=O) groups excluding carboxylic acids is 5. The molecule has 0 bridgehead atoms. The summed E-state index contributed by atoms with van der Waals surface area (Å²) in [5.74, 6) is -6.84. The van der Waals surface area contributed by atoms with Crippen LogP contribution in [-0.2, 0) is 33.6 Å². The van der Waals surface area contributed by atoms with Crippen molar-refractivity contribution in [3.05, 3.63) is 0 Å². The third-order valence-electron chi connectivity index (χ3n) is 6.12. The number of aliphatic imine (C=N–C) groups is 1. The fraction of sp³-hybridized carbons (Fsp3) is 0.652. The number of hydrogen-bond donors (Lipinski definition) is 10. The fourth-order valence-corrected chi connectivity index (χ4v) is 4.04. The average molecular weight is 602 g/mol. The molecule has 236 valence electrons. The molecular weight excluding hydrogens is 562 g/mol. The summed E-state index contributed by atoms with van der Waals surface area (Å²) in [5.41, 5.74) is 15.8. The number of guanidine groups is 1. The highest BCUT2D eigenvalue weighted by molar-refractivity contribution is 5.95. The van der Waals surface area contributed by atoms with Gasteiger partial charge < -0.3 is 58.7 Å². The summed E-state index contributed by atoms with van der Waals surface area (Å²) in [5, 5.41) is 37.2. The summed E-state index contributed by atoms with van der Waals surface area (Å²) in [7, 11) is 0. The first-order valence-electron chi connectivity index (χ1n) is 13.1. The highest BCUT2D eigenvalue weighted by atomic mass is 16.4. The summed E-state index contributed by atoms with van der Waals surface area (Å²) < 4.78 is 0.